The van der Waals surface area contributed by atoms with Crippen LogP contribution in [0.15, 0.2) is 0 Å². The molecular weight excluding hydrogens is 87.1 g/mol. The molecule has 0 saturated heterocycles. The molecule has 0 heterocycles. The van der Waals surface area contributed by atoms with Gasteiger partial charge < -0.3 is 5.48 Å². The third-order valence-electron chi connectivity index (χ3n) is 0. The lowest BCUT2D eigenvalue weighted by molar-refractivity contribution is 0.824. The Bertz CT molecular complexity index is 8.00. The maximum Gasteiger partial charge on any atom is 0 e. The molecule has 0 aliphatic rings. The first kappa shape index (κ1) is 163. The van der Waals surface area contributed by atoms with Gasteiger partial charge in [-0.15, -0.1) is 0 Å². The van der Waals surface area contributed by atoms with Crippen molar-refractivity contribution in [2.45, 2.75) is 7.43 Å². The third kappa shape index (κ3) is 18.3. The van der Waals surface area contributed by atoms with Crippen LogP contribution in [0.2, 0.25) is 0 Å². The summed E-state index contributed by atoms with van der Waals surface area (Å²) in [5.41, 5.74) is 0. The van der Waals surface area contributed by atoms with Crippen LogP contribution in [0.5, 0.6) is 0 Å². The van der Waals surface area contributed by atoms with Gasteiger partial charge in [0.1, 0.15) is 0 Å². The fraction of sp³-hybridized carbons (Fsp3) is 1.00. The average Bonchev–Trinajstić information content (AvgIpc) is 0. The molecule has 1 atom stereocenters. The predicted molar refractivity (Wildman–Crippen MR) is 27.2 cm³/mol. The molecule has 4 radical (unpaired) electrons. The fourth-order valence-corrected chi connectivity index (χ4v) is 0. The van der Waals surface area contributed by atoms with Crippen LogP contribution < -0.4 is 0 Å². The third-order valence-corrected chi connectivity index (χ3v) is 0. The highest BCUT2D eigenvalue weighted by molar-refractivity contribution is 6.92. The van der Waals surface area contributed by atoms with E-state index in [-0.39, 0.29) is 33.8 Å². The zero-order valence-electron chi connectivity index (χ0n) is 1.71. The van der Waals surface area contributed by atoms with E-state index in [4.69, 9.17) is 0 Å². The van der Waals surface area contributed by atoms with Gasteiger partial charge in [-0.25, -0.2) is 0 Å². The van der Waals surface area contributed by atoms with Gasteiger partial charge in [-0.3, -0.25) is 0 Å². The molecule has 0 aromatic heterocycles. The summed E-state index contributed by atoms with van der Waals surface area (Å²) >= 11 is 0. The molecule has 1 nitrogen and oxygen atoms in total. The Labute approximate surface area is 34.7 Å². The largest absolute Gasteiger partial charge is 0.412 e. The molecular formula is CH9OPSi. The average molecular weight is 96.1 g/mol. The summed E-state index contributed by atoms with van der Waals surface area (Å²) in [6, 6.07) is 0. The van der Waals surface area contributed by atoms with Gasteiger partial charge in [0.25, 0.3) is 0 Å². The zero-order chi connectivity index (χ0) is 0. The van der Waals surface area contributed by atoms with Crippen LogP contribution in [-0.2, 0) is 0 Å². The van der Waals surface area contributed by atoms with E-state index in [1.165, 1.54) is 0 Å². The SMILES string of the molecule is C.O.P.[Si]. The van der Waals surface area contributed by atoms with E-state index in [2.05, 4.69) is 0 Å². The van der Waals surface area contributed by atoms with Crippen molar-refractivity contribution in [2.24, 2.45) is 0 Å². The summed E-state index contributed by atoms with van der Waals surface area (Å²) < 4.78 is 0. The van der Waals surface area contributed by atoms with Gasteiger partial charge in [-0.1, -0.05) is 7.43 Å². The van der Waals surface area contributed by atoms with E-state index >= 15 is 0 Å². The molecule has 0 aliphatic carbocycles. The second kappa shape index (κ2) is 66.6. The highest BCUT2D eigenvalue weighted by Gasteiger charge is 0.0000221. The fourth-order valence-electron chi connectivity index (χ4n) is 0. The summed E-state index contributed by atoms with van der Waals surface area (Å²) in [5, 5.41) is 0. The maximum atomic E-state index is 0. The number of rotatable bonds is 0. The Balaban J connectivity index is 0. The Morgan fingerprint density at radius 2 is 1.00 bits per heavy atom. The standard InChI is InChI=1S/CH4.H2O.H3P.Si/h1H4;1H2;1H3;. The van der Waals surface area contributed by atoms with Gasteiger partial charge >= 0.3 is 0 Å². The van der Waals surface area contributed by atoms with Crippen LogP contribution in [0.25, 0.3) is 0 Å². The maximum absolute atomic E-state index is 0. The van der Waals surface area contributed by atoms with Gasteiger partial charge in [0, 0.05) is 11.0 Å². The molecule has 0 rings (SSSR count). The molecule has 0 aliphatic heterocycles. The molecule has 28 valence electrons. The van der Waals surface area contributed by atoms with Crippen molar-refractivity contribution in [2.75, 3.05) is 0 Å². The van der Waals surface area contributed by atoms with E-state index in [0.717, 1.165) is 0 Å². The lowest BCUT2D eigenvalue weighted by atomic mass is 12.0. The van der Waals surface area contributed by atoms with Crippen LogP contribution in [-0.4, -0.2) is 16.4 Å². The van der Waals surface area contributed by atoms with Gasteiger partial charge in [-0.2, -0.15) is 9.90 Å². The first-order chi connectivity index (χ1) is 0. The highest BCUT2D eigenvalue weighted by Crippen LogP contribution is 0.861. The van der Waals surface area contributed by atoms with Crippen LogP contribution in [0.1, 0.15) is 7.43 Å². The first-order valence-electron chi connectivity index (χ1n) is 0. The van der Waals surface area contributed by atoms with E-state index in [1.54, 1.807) is 0 Å². The smallest absolute Gasteiger partial charge is 0 e. The topological polar surface area (TPSA) is 31.5 Å². The Hall–Kier alpha value is 0.607. The number of hydrogen-bond acceptors (Lipinski definition) is 0. The van der Waals surface area contributed by atoms with Crippen LogP contribution in [0.4, 0.5) is 0 Å². The quantitative estimate of drug-likeness (QED) is 0.287. The Morgan fingerprint density at radius 1 is 1.00 bits per heavy atom. The lowest BCUT2D eigenvalue weighted by Crippen LogP contribution is -0.381. The minimum Gasteiger partial charge on any atom is -0.412 e. The van der Waals surface area contributed by atoms with Gasteiger partial charge in [0.15, 0.2) is 0 Å². The molecule has 0 fully saturated rings. The van der Waals surface area contributed by atoms with Crippen molar-refractivity contribution in [1.29, 1.82) is 0 Å². The van der Waals surface area contributed by atoms with Crippen LogP contribution in [0.3, 0.4) is 0 Å². The molecule has 0 aromatic rings. The van der Waals surface area contributed by atoms with E-state index < -0.39 is 0 Å². The van der Waals surface area contributed by atoms with Gasteiger partial charge in [-0.05, 0) is 0 Å². The molecule has 4 heavy (non-hydrogen) atoms. The van der Waals surface area contributed by atoms with Gasteiger partial charge in [0.05, 0.1) is 0 Å². The van der Waals surface area contributed by atoms with Crippen molar-refractivity contribution < 1.29 is 5.48 Å². The molecule has 3 heteroatoms. The van der Waals surface area contributed by atoms with Crippen LogP contribution in [0, 0.1) is 0 Å². The lowest BCUT2D eigenvalue weighted by Gasteiger charge is -0.412. The summed E-state index contributed by atoms with van der Waals surface area (Å²) in [6.45, 7) is 0. The van der Waals surface area contributed by atoms with E-state index in [9.17, 15) is 0 Å². The first-order valence-corrected chi connectivity index (χ1v) is 0. The molecule has 0 bridgehead atoms. The second-order valence-corrected chi connectivity index (χ2v) is 0. The minimum absolute atomic E-state index is 0. The van der Waals surface area contributed by atoms with Gasteiger partial charge in [0.2, 0.25) is 0 Å². The van der Waals surface area contributed by atoms with Crippen molar-refractivity contribution in [3.63, 3.8) is 0 Å². The van der Waals surface area contributed by atoms with E-state index in [0.29, 0.717) is 0 Å². The summed E-state index contributed by atoms with van der Waals surface area (Å²) in [5.74, 6) is 0. The van der Waals surface area contributed by atoms with Crippen molar-refractivity contribution >= 4 is 20.9 Å². The van der Waals surface area contributed by atoms with Crippen molar-refractivity contribution in [3.05, 3.63) is 0 Å². The second-order valence-electron chi connectivity index (χ2n) is 0. The predicted octanol–water partition coefficient (Wildman–Crippen LogP) is -0.511. The molecule has 1 unspecified atom stereocenters. The highest BCUT2D eigenvalue weighted by atomic mass is 31.0. The summed E-state index contributed by atoms with van der Waals surface area (Å²) in [4.78, 5) is 0. The van der Waals surface area contributed by atoms with E-state index in [1.807, 2.05) is 0 Å². The molecule has 0 aromatic carbocycles. The summed E-state index contributed by atoms with van der Waals surface area (Å²) in [6.07, 6.45) is 0. The Kier molecular flexibility index (Phi) is 2710. The molecule has 0 saturated carbocycles. The zero-order valence-corrected chi connectivity index (χ0v) is 4.12. The normalized spacial score (nSPS) is 0. The molecule has 0 amide bonds. The minimum atomic E-state index is 0. The molecule has 0 spiro atoms. The van der Waals surface area contributed by atoms with Crippen molar-refractivity contribution in [1.82, 2.24) is 0 Å². The molecule has 2 N–H and O–H groups in total. The Morgan fingerprint density at radius 3 is 1.00 bits per heavy atom. The van der Waals surface area contributed by atoms with Crippen LogP contribution >= 0.6 is 9.90 Å². The van der Waals surface area contributed by atoms with Crippen molar-refractivity contribution in [3.8, 4) is 0 Å². The monoisotopic (exact) mass is 96.0 g/mol. The summed E-state index contributed by atoms with van der Waals surface area (Å²) in [7, 11) is 0. The number of hydrogen-bond donors (Lipinski definition) is 0.